The third-order valence-electron chi connectivity index (χ3n) is 3.77. The van der Waals surface area contributed by atoms with E-state index in [1.807, 2.05) is 17.9 Å². The number of nitrogens with zero attached hydrogens (tertiary/aromatic N) is 2. The number of aryl methyl sites for hydroxylation is 1. The van der Waals surface area contributed by atoms with Gasteiger partial charge in [-0.2, -0.15) is 5.10 Å². The minimum Gasteiger partial charge on any atom is -0.316 e. The van der Waals surface area contributed by atoms with Gasteiger partial charge in [-0.1, -0.05) is 37.3 Å². The van der Waals surface area contributed by atoms with Gasteiger partial charge < -0.3 is 5.32 Å². The molecule has 3 nitrogen and oxygen atoms in total. The fourth-order valence-corrected chi connectivity index (χ4v) is 2.46. The third-order valence-corrected chi connectivity index (χ3v) is 3.77. The Kier molecular flexibility index (Phi) is 4.74. The number of aromatic nitrogens is 2. The Morgan fingerprint density at radius 2 is 2.00 bits per heavy atom. The second-order valence-corrected chi connectivity index (χ2v) is 5.00. The first-order valence-corrected chi connectivity index (χ1v) is 6.98. The monoisotopic (exact) mass is 257 g/mol. The summed E-state index contributed by atoms with van der Waals surface area (Å²) in [5, 5.41) is 7.78. The van der Waals surface area contributed by atoms with Crippen LogP contribution in [-0.4, -0.2) is 22.9 Å². The van der Waals surface area contributed by atoms with E-state index in [1.54, 1.807) is 0 Å². The molecule has 3 heteroatoms. The van der Waals surface area contributed by atoms with Gasteiger partial charge in [-0.05, 0) is 37.4 Å². The van der Waals surface area contributed by atoms with E-state index in [9.17, 15) is 0 Å². The van der Waals surface area contributed by atoms with E-state index in [-0.39, 0.29) is 0 Å². The Hall–Kier alpha value is -1.61. The number of nitrogens with one attached hydrogen (secondary N) is 1. The molecule has 1 heterocycles. The van der Waals surface area contributed by atoms with Crippen LogP contribution in [0.25, 0.3) is 0 Å². The molecule has 19 heavy (non-hydrogen) atoms. The van der Waals surface area contributed by atoms with E-state index in [0.717, 1.165) is 13.0 Å². The smallest absolute Gasteiger partial charge is 0.0522 e. The quantitative estimate of drug-likeness (QED) is 0.862. The zero-order chi connectivity index (χ0) is 13.7. The molecule has 2 aromatic rings. The predicted molar refractivity (Wildman–Crippen MR) is 79.3 cm³/mol. The highest BCUT2D eigenvalue weighted by Crippen LogP contribution is 2.21. The molecular formula is C16H23N3. The summed E-state index contributed by atoms with van der Waals surface area (Å²) >= 11 is 0. The van der Waals surface area contributed by atoms with Crippen molar-refractivity contribution in [3.8, 4) is 0 Å². The maximum absolute atomic E-state index is 4.34. The Balaban J connectivity index is 2.07. The molecule has 2 atom stereocenters. The van der Waals surface area contributed by atoms with Crippen molar-refractivity contribution in [1.82, 2.24) is 15.1 Å². The van der Waals surface area contributed by atoms with Gasteiger partial charge in [0.15, 0.2) is 0 Å². The van der Waals surface area contributed by atoms with Crippen LogP contribution < -0.4 is 5.32 Å². The molecule has 0 spiro atoms. The van der Waals surface area contributed by atoms with Gasteiger partial charge in [0.1, 0.15) is 0 Å². The van der Waals surface area contributed by atoms with Crippen molar-refractivity contribution in [3.63, 3.8) is 0 Å². The maximum atomic E-state index is 4.34. The van der Waals surface area contributed by atoms with Crippen LogP contribution in [0.15, 0.2) is 42.7 Å². The van der Waals surface area contributed by atoms with Crippen molar-refractivity contribution in [3.05, 3.63) is 53.9 Å². The van der Waals surface area contributed by atoms with Gasteiger partial charge in [0.05, 0.1) is 6.20 Å². The molecule has 102 valence electrons. The van der Waals surface area contributed by atoms with Crippen LogP contribution in [0.5, 0.6) is 0 Å². The van der Waals surface area contributed by atoms with E-state index in [4.69, 9.17) is 0 Å². The first-order chi connectivity index (χ1) is 9.24. The van der Waals surface area contributed by atoms with Crippen LogP contribution in [-0.2, 0) is 13.0 Å². The standard InChI is InChI=1S/C16H23N3/c1-4-19-12-14(11-18-19)10-16(17-3)13(2)15-8-6-5-7-9-15/h5-9,11-13,16-17H,4,10H2,1-3H3. The summed E-state index contributed by atoms with van der Waals surface area (Å²) in [6, 6.07) is 11.1. The lowest BCUT2D eigenvalue weighted by Gasteiger charge is -2.23. The summed E-state index contributed by atoms with van der Waals surface area (Å²) < 4.78 is 1.98. The van der Waals surface area contributed by atoms with Crippen molar-refractivity contribution in [2.24, 2.45) is 0 Å². The molecule has 0 saturated carbocycles. The minimum atomic E-state index is 0.428. The minimum absolute atomic E-state index is 0.428. The van der Waals surface area contributed by atoms with E-state index in [2.05, 4.69) is 60.8 Å². The molecule has 0 aliphatic carbocycles. The topological polar surface area (TPSA) is 29.9 Å². The molecular weight excluding hydrogens is 234 g/mol. The average molecular weight is 257 g/mol. The van der Waals surface area contributed by atoms with Crippen LogP contribution in [0.1, 0.15) is 30.9 Å². The Bertz CT molecular complexity index is 490. The number of likely N-dealkylation sites (N-methyl/N-ethyl adjacent to an activating group) is 1. The summed E-state index contributed by atoms with van der Waals surface area (Å²) in [5.41, 5.74) is 2.67. The summed E-state index contributed by atoms with van der Waals surface area (Å²) in [4.78, 5) is 0. The number of rotatable bonds is 6. The molecule has 0 fully saturated rings. The van der Waals surface area contributed by atoms with E-state index < -0.39 is 0 Å². The van der Waals surface area contributed by atoms with Gasteiger partial charge in [-0.25, -0.2) is 0 Å². The van der Waals surface area contributed by atoms with Gasteiger partial charge in [0, 0.05) is 18.8 Å². The summed E-state index contributed by atoms with van der Waals surface area (Å²) in [6.07, 6.45) is 5.13. The average Bonchev–Trinajstić information content (AvgIpc) is 2.92. The summed E-state index contributed by atoms with van der Waals surface area (Å²) in [5.74, 6) is 0.483. The first kappa shape index (κ1) is 13.8. The molecule has 0 radical (unpaired) electrons. The lowest BCUT2D eigenvalue weighted by molar-refractivity contribution is 0.483. The normalized spacial score (nSPS) is 14.3. The molecule has 2 unspecified atom stereocenters. The Morgan fingerprint density at radius 1 is 1.26 bits per heavy atom. The van der Waals surface area contributed by atoms with Crippen molar-refractivity contribution < 1.29 is 0 Å². The highest BCUT2D eigenvalue weighted by atomic mass is 15.3. The van der Waals surface area contributed by atoms with Crippen molar-refractivity contribution in [2.75, 3.05) is 7.05 Å². The molecule has 0 aliphatic rings. The number of benzene rings is 1. The first-order valence-electron chi connectivity index (χ1n) is 6.98. The lowest BCUT2D eigenvalue weighted by Crippen LogP contribution is -2.32. The Labute approximate surface area is 115 Å². The van der Waals surface area contributed by atoms with E-state index in [0.29, 0.717) is 12.0 Å². The SMILES string of the molecule is CCn1cc(CC(NC)C(C)c2ccccc2)cn1. The van der Waals surface area contributed by atoms with Gasteiger partial charge in [-0.15, -0.1) is 0 Å². The molecule has 1 aromatic carbocycles. The zero-order valence-corrected chi connectivity index (χ0v) is 12.0. The summed E-state index contributed by atoms with van der Waals surface area (Å²) in [7, 11) is 2.04. The van der Waals surface area contributed by atoms with Crippen LogP contribution in [0, 0.1) is 0 Å². The van der Waals surface area contributed by atoms with Crippen molar-refractivity contribution in [2.45, 2.75) is 38.8 Å². The van der Waals surface area contributed by atoms with Gasteiger partial charge in [0.25, 0.3) is 0 Å². The zero-order valence-electron chi connectivity index (χ0n) is 12.0. The van der Waals surface area contributed by atoms with Crippen molar-refractivity contribution >= 4 is 0 Å². The highest BCUT2D eigenvalue weighted by molar-refractivity contribution is 5.21. The highest BCUT2D eigenvalue weighted by Gasteiger charge is 2.18. The predicted octanol–water partition coefficient (Wildman–Crippen LogP) is 2.84. The van der Waals surface area contributed by atoms with Crippen LogP contribution in [0.2, 0.25) is 0 Å². The fraction of sp³-hybridized carbons (Fsp3) is 0.438. The molecule has 1 aromatic heterocycles. The maximum Gasteiger partial charge on any atom is 0.0522 e. The number of hydrogen-bond donors (Lipinski definition) is 1. The summed E-state index contributed by atoms with van der Waals surface area (Å²) in [6.45, 7) is 5.32. The lowest BCUT2D eigenvalue weighted by atomic mass is 9.90. The van der Waals surface area contributed by atoms with Crippen molar-refractivity contribution in [1.29, 1.82) is 0 Å². The molecule has 2 rings (SSSR count). The third kappa shape index (κ3) is 3.44. The fourth-order valence-electron chi connectivity index (χ4n) is 2.46. The van der Waals surface area contributed by atoms with Crippen LogP contribution >= 0.6 is 0 Å². The second-order valence-electron chi connectivity index (χ2n) is 5.00. The second kappa shape index (κ2) is 6.53. The van der Waals surface area contributed by atoms with Gasteiger partial charge in [-0.3, -0.25) is 4.68 Å². The Morgan fingerprint density at radius 3 is 2.58 bits per heavy atom. The van der Waals surface area contributed by atoms with E-state index in [1.165, 1.54) is 11.1 Å². The molecule has 0 bridgehead atoms. The van der Waals surface area contributed by atoms with E-state index >= 15 is 0 Å². The molecule has 1 N–H and O–H groups in total. The van der Waals surface area contributed by atoms with Crippen LogP contribution in [0.4, 0.5) is 0 Å². The molecule has 0 amide bonds. The van der Waals surface area contributed by atoms with Gasteiger partial charge in [0.2, 0.25) is 0 Å². The number of hydrogen-bond acceptors (Lipinski definition) is 2. The van der Waals surface area contributed by atoms with Gasteiger partial charge >= 0.3 is 0 Å². The largest absolute Gasteiger partial charge is 0.316 e. The van der Waals surface area contributed by atoms with Crippen LogP contribution in [0.3, 0.4) is 0 Å². The molecule has 0 saturated heterocycles. The molecule has 0 aliphatic heterocycles.